The van der Waals surface area contributed by atoms with Crippen molar-refractivity contribution in [3.8, 4) is 0 Å². The van der Waals surface area contributed by atoms with Gasteiger partial charge in [0.15, 0.2) is 0 Å². The van der Waals surface area contributed by atoms with E-state index in [1.165, 1.54) is 0 Å². The minimum absolute atomic E-state index is 0.223. The van der Waals surface area contributed by atoms with Crippen LogP contribution in [0.15, 0.2) is 42.5 Å². The number of nitrogens with one attached hydrogen (secondary N) is 2. The summed E-state index contributed by atoms with van der Waals surface area (Å²) in [7, 11) is 0. The normalized spacial score (nSPS) is 11.3. The first kappa shape index (κ1) is 18.8. The lowest BCUT2D eigenvalue weighted by Crippen LogP contribution is -2.27. The van der Waals surface area contributed by atoms with Gasteiger partial charge in [-0.2, -0.15) is 0 Å². The Hall–Kier alpha value is -2.93. The number of anilines is 2. The molecule has 2 N–H and O–H groups in total. The minimum atomic E-state index is -0.568. The van der Waals surface area contributed by atoms with Gasteiger partial charge in [0.2, 0.25) is 0 Å². The van der Waals surface area contributed by atoms with Crippen LogP contribution in [0.1, 0.15) is 36.1 Å². The van der Waals surface area contributed by atoms with Gasteiger partial charge in [-0.3, -0.25) is 10.1 Å². The summed E-state index contributed by atoms with van der Waals surface area (Å²) in [5.74, 6) is -0.223. The topological polar surface area (TPSA) is 80.3 Å². The summed E-state index contributed by atoms with van der Waals surface area (Å²) in [4.78, 5) is 28.6. The van der Waals surface area contributed by atoms with E-state index in [9.17, 15) is 9.59 Å². The molecule has 7 heteroatoms. The van der Waals surface area contributed by atoms with Gasteiger partial charge in [-0.15, -0.1) is 11.3 Å². The number of carbonyl (C=O) groups is 2. The highest BCUT2D eigenvalue weighted by atomic mass is 32.1. The van der Waals surface area contributed by atoms with Gasteiger partial charge in [0.05, 0.1) is 15.2 Å². The molecule has 0 bridgehead atoms. The van der Waals surface area contributed by atoms with E-state index in [0.717, 1.165) is 15.2 Å². The van der Waals surface area contributed by atoms with Gasteiger partial charge in [-0.05, 0) is 70.2 Å². The lowest BCUT2D eigenvalue weighted by Gasteiger charge is -2.19. The molecule has 1 heterocycles. The van der Waals surface area contributed by atoms with E-state index in [1.54, 1.807) is 56.4 Å². The lowest BCUT2D eigenvalue weighted by molar-refractivity contribution is 0.0636. The van der Waals surface area contributed by atoms with Gasteiger partial charge < -0.3 is 10.1 Å². The molecule has 0 spiro atoms. The van der Waals surface area contributed by atoms with E-state index in [4.69, 9.17) is 4.74 Å². The second kappa shape index (κ2) is 7.36. The third kappa shape index (κ3) is 5.04. The summed E-state index contributed by atoms with van der Waals surface area (Å²) >= 11 is 1.59. The number of aryl methyl sites for hydroxylation is 1. The Bertz CT molecular complexity index is 988. The van der Waals surface area contributed by atoms with Crippen molar-refractivity contribution in [3.05, 3.63) is 53.0 Å². The quantitative estimate of drug-likeness (QED) is 0.651. The highest BCUT2D eigenvalue weighted by Crippen LogP contribution is 2.25. The molecule has 0 aliphatic heterocycles. The third-order valence-electron chi connectivity index (χ3n) is 3.55. The van der Waals surface area contributed by atoms with Gasteiger partial charge in [-0.1, -0.05) is 0 Å². The number of fused-ring (bicyclic) bond motifs is 1. The highest BCUT2D eigenvalue weighted by Gasteiger charge is 2.16. The summed E-state index contributed by atoms with van der Waals surface area (Å²) < 4.78 is 6.23. The van der Waals surface area contributed by atoms with E-state index in [-0.39, 0.29) is 5.91 Å². The molecule has 0 fully saturated rings. The number of ether oxygens (including phenoxy) is 1. The smallest absolute Gasteiger partial charge is 0.412 e. The first-order chi connectivity index (χ1) is 12.7. The van der Waals surface area contributed by atoms with Crippen molar-refractivity contribution in [1.29, 1.82) is 0 Å². The van der Waals surface area contributed by atoms with Crippen molar-refractivity contribution in [2.45, 2.75) is 33.3 Å². The number of thiazole rings is 1. The van der Waals surface area contributed by atoms with Crippen LogP contribution in [0, 0.1) is 6.92 Å². The highest BCUT2D eigenvalue weighted by molar-refractivity contribution is 7.18. The Kier molecular flexibility index (Phi) is 5.14. The Morgan fingerprint density at radius 3 is 2.33 bits per heavy atom. The summed E-state index contributed by atoms with van der Waals surface area (Å²) in [5, 5.41) is 6.50. The number of aromatic nitrogens is 1. The molecule has 0 atom stereocenters. The van der Waals surface area contributed by atoms with E-state index < -0.39 is 11.7 Å². The maximum atomic E-state index is 12.4. The van der Waals surface area contributed by atoms with Crippen molar-refractivity contribution >= 4 is 44.9 Å². The molecule has 27 heavy (non-hydrogen) atoms. The van der Waals surface area contributed by atoms with Crippen molar-refractivity contribution in [2.75, 3.05) is 10.6 Å². The number of benzene rings is 2. The number of rotatable bonds is 3. The predicted octanol–water partition coefficient (Wildman–Crippen LogP) is 5.20. The van der Waals surface area contributed by atoms with Crippen LogP contribution in [0.5, 0.6) is 0 Å². The monoisotopic (exact) mass is 383 g/mol. The van der Waals surface area contributed by atoms with E-state index in [2.05, 4.69) is 15.6 Å². The van der Waals surface area contributed by atoms with E-state index >= 15 is 0 Å². The molecule has 3 rings (SSSR count). The molecular formula is C20H21N3O3S. The molecule has 3 aromatic rings. The SMILES string of the molecule is Cc1nc2ccc(NC(=O)c3ccc(NC(=O)OC(C)(C)C)cc3)cc2s1. The maximum Gasteiger partial charge on any atom is 0.412 e. The van der Waals surface area contributed by atoms with E-state index in [0.29, 0.717) is 16.9 Å². The molecule has 140 valence electrons. The molecule has 2 amide bonds. The average Bonchev–Trinajstić information content (AvgIpc) is 2.93. The predicted molar refractivity (Wildman–Crippen MR) is 109 cm³/mol. The maximum absolute atomic E-state index is 12.4. The summed E-state index contributed by atoms with van der Waals surface area (Å²) in [6.45, 7) is 7.34. The second-order valence-electron chi connectivity index (χ2n) is 7.07. The Balaban J connectivity index is 1.65. The molecule has 0 aliphatic rings. The fraction of sp³-hybridized carbons (Fsp3) is 0.250. The summed E-state index contributed by atoms with van der Waals surface area (Å²) in [6, 6.07) is 12.3. The fourth-order valence-corrected chi connectivity index (χ4v) is 3.31. The Labute approximate surface area is 161 Å². The van der Waals surface area contributed by atoms with Crippen LogP contribution in [0.2, 0.25) is 0 Å². The second-order valence-corrected chi connectivity index (χ2v) is 8.31. The molecule has 2 aromatic carbocycles. The molecule has 0 radical (unpaired) electrons. The number of hydrogen-bond acceptors (Lipinski definition) is 5. The van der Waals surface area contributed by atoms with E-state index in [1.807, 2.05) is 25.1 Å². The Morgan fingerprint density at radius 2 is 1.67 bits per heavy atom. The summed E-state index contributed by atoms with van der Waals surface area (Å²) in [6.07, 6.45) is -0.534. The molecule has 6 nitrogen and oxygen atoms in total. The van der Waals surface area contributed by atoms with Crippen LogP contribution >= 0.6 is 11.3 Å². The summed E-state index contributed by atoms with van der Waals surface area (Å²) in [5.41, 5.74) is 2.12. The lowest BCUT2D eigenvalue weighted by atomic mass is 10.2. The van der Waals surface area contributed by atoms with Crippen LogP contribution in [0.4, 0.5) is 16.2 Å². The number of nitrogens with zero attached hydrogens (tertiary/aromatic N) is 1. The molecule has 0 saturated heterocycles. The first-order valence-corrected chi connectivity index (χ1v) is 9.30. The van der Waals surface area contributed by atoms with Crippen molar-refractivity contribution in [3.63, 3.8) is 0 Å². The third-order valence-corrected chi connectivity index (χ3v) is 4.48. The van der Waals surface area contributed by atoms with Gasteiger partial charge in [0.25, 0.3) is 5.91 Å². The molecule has 0 aliphatic carbocycles. The zero-order valence-electron chi connectivity index (χ0n) is 15.6. The van der Waals surface area contributed by atoms with Gasteiger partial charge in [-0.25, -0.2) is 9.78 Å². The standard InChI is InChI=1S/C20H21N3O3S/c1-12-21-16-10-9-15(11-17(16)27-12)22-18(24)13-5-7-14(8-6-13)23-19(25)26-20(2,3)4/h5-11H,1-4H3,(H,22,24)(H,23,25). The van der Waals surface area contributed by atoms with Gasteiger partial charge >= 0.3 is 6.09 Å². The largest absolute Gasteiger partial charge is 0.444 e. The Morgan fingerprint density at radius 1 is 1.00 bits per heavy atom. The van der Waals surface area contributed by atoms with Crippen LogP contribution in [0.25, 0.3) is 10.2 Å². The molecule has 0 unspecified atom stereocenters. The zero-order valence-corrected chi connectivity index (χ0v) is 16.4. The molecular weight excluding hydrogens is 362 g/mol. The molecule has 0 saturated carbocycles. The first-order valence-electron chi connectivity index (χ1n) is 8.48. The van der Waals surface area contributed by atoms with Crippen LogP contribution in [-0.4, -0.2) is 22.6 Å². The zero-order chi connectivity index (χ0) is 19.6. The van der Waals surface area contributed by atoms with Gasteiger partial charge in [0.1, 0.15) is 5.60 Å². The number of amides is 2. The minimum Gasteiger partial charge on any atom is -0.444 e. The molecule has 1 aromatic heterocycles. The van der Waals surface area contributed by atoms with Crippen molar-refractivity contribution in [1.82, 2.24) is 4.98 Å². The number of carbonyl (C=O) groups excluding carboxylic acids is 2. The fourth-order valence-electron chi connectivity index (χ4n) is 2.45. The van der Waals surface area contributed by atoms with Gasteiger partial charge in [0, 0.05) is 16.9 Å². The van der Waals surface area contributed by atoms with Crippen LogP contribution < -0.4 is 10.6 Å². The van der Waals surface area contributed by atoms with Crippen LogP contribution in [0.3, 0.4) is 0 Å². The number of hydrogen-bond donors (Lipinski definition) is 2. The average molecular weight is 383 g/mol. The van der Waals surface area contributed by atoms with Crippen molar-refractivity contribution < 1.29 is 14.3 Å². The van der Waals surface area contributed by atoms with Crippen molar-refractivity contribution in [2.24, 2.45) is 0 Å². The van der Waals surface area contributed by atoms with Crippen LogP contribution in [-0.2, 0) is 4.74 Å².